The summed E-state index contributed by atoms with van der Waals surface area (Å²) in [5, 5.41) is 2.31. The minimum atomic E-state index is -1.95. The standard InChI is InChI=1S/C13H23NO6/c1-5-8-18-9-13(14-10(4)15,11(16)19-6-2)12(17)20-7-3/h5-9H2,1-4H3,(H,14,15). The van der Waals surface area contributed by atoms with Crippen LogP contribution in [0, 0.1) is 0 Å². The number of hydrogen-bond donors (Lipinski definition) is 1. The zero-order valence-electron chi connectivity index (χ0n) is 12.5. The van der Waals surface area contributed by atoms with Crippen molar-refractivity contribution in [1.29, 1.82) is 0 Å². The molecule has 7 heteroatoms. The van der Waals surface area contributed by atoms with E-state index in [0.29, 0.717) is 13.0 Å². The predicted molar refractivity (Wildman–Crippen MR) is 70.9 cm³/mol. The number of esters is 2. The van der Waals surface area contributed by atoms with Crippen LogP contribution in [0.4, 0.5) is 0 Å². The zero-order valence-corrected chi connectivity index (χ0v) is 12.5. The summed E-state index contributed by atoms with van der Waals surface area (Å²) < 4.78 is 15.0. The van der Waals surface area contributed by atoms with E-state index in [9.17, 15) is 14.4 Å². The SMILES string of the molecule is CCCOCC(NC(C)=O)(C(=O)OCC)C(=O)OCC. The molecule has 1 amide bonds. The van der Waals surface area contributed by atoms with Gasteiger partial charge in [0.05, 0.1) is 19.8 Å². The molecule has 0 saturated carbocycles. The lowest BCUT2D eigenvalue weighted by molar-refractivity contribution is -0.171. The number of amides is 1. The van der Waals surface area contributed by atoms with Gasteiger partial charge in [-0.05, 0) is 20.3 Å². The van der Waals surface area contributed by atoms with Gasteiger partial charge in [-0.25, -0.2) is 9.59 Å². The highest BCUT2D eigenvalue weighted by molar-refractivity contribution is 6.07. The molecule has 0 aliphatic carbocycles. The average molecular weight is 289 g/mol. The van der Waals surface area contributed by atoms with Gasteiger partial charge in [0.25, 0.3) is 5.54 Å². The van der Waals surface area contributed by atoms with Crippen LogP contribution >= 0.6 is 0 Å². The molecule has 0 rings (SSSR count). The van der Waals surface area contributed by atoms with E-state index in [1.807, 2.05) is 6.92 Å². The predicted octanol–water partition coefficient (Wildman–Crippen LogP) is 0.414. The lowest BCUT2D eigenvalue weighted by atomic mass is 10.0. The van der Waals surface area contributed by atoms with Gasteiger partial charge in [0.2, 0.25) is 5.91 Å². The minimum absolute atomic E-state index is 0.0767. The van der Waals surface area contributed by atoms with Crippen molar-refractivity contribution in [3.05, 3.63) is 0 Å². The largest absolute Gasteiger partial charge is 0.464 e. The van der Waals surface area contributed by atoms with Gasteiger partial charge in [0.15, 0.2) is 0 Å². The Balaban J connectivity index is 5.31. The fourth-order valence-corrected chi connectivity index (χ4v) is 1.52. The van der Waals surface area contributed by atoms with E-state index in [2.05, 4.69) is 5.32 Å². The molecule has 7 nitrogen and oxygen atoms in total. The van der Waals surface area contributed by atoms with Crippen LogP contribution < -0.4 is 5.32 Å². The lowest BCUT2D eigenvalue weighted by Gasteiger charge is -2.29. The Morgan fingerprint density at radius 3 is 1.85 bits per heavy atom. The summed E-state index contributed by atoms with van der Waals surface area (Å²) in [6.07, 6.45) is 0.710. The Hall–Kier alpha value is -1.63. The molecule has 0 heterocycles. The minimum Gasteiger partial charge on any atom is -0.464 e. The van der Waals surface area contributed by atoms with Crippen molar-refractivity contribution in [1.82, 2.24) is 5.32 Å². The first-order chi connectivity index (χ1) is 9.44. The Labute approximate surface area is 118 Å². The molecule has 116 valence electrons. The summed E-state index contributed by atoms with van der Waals surface area (Å²) in [5.74, 6) is -2.32. The molecule has 0 aliphatic rings. The summed E-state index contributed by atoms with van der Waals surface area (Å²) in [7, 11) is 0. The van der Waals surface area contributed by atoms with Gasteiger partial charge in [0.1, 0.15) is 0 Å². The third kappa shape index (κ3) is 5.16. The van der Waals surface area contributed by atoms with Crippen molar-refractivity contribution >= 4 is 17.8 Å². The van der Waals surface area contributed by atoms with Crippen molar-refractivity contribution < 1.29 is 28.6 Å². The van der Waals surface area contributed by atoms with E-state index in [1.54, 1.807) is 13.8 Å². The first-order valence-electron chi connectivity index (χ1n) is 6.65. The Morgan fingerprint density at radius 1 is 1.00 bits per heavy atom. The van der Waals surface area contributed by atoms with Crippen LogP contribution in [0.1, 0.15) is 34.1 Å². The van der Waals surface area contributed by atoms with E-state index >= 15 is 0 Å². The van der Waals surface area contributed by atoms with Crippen molar-refractivity contribution in [3.63, 3.8) is 0 Å². The molecule has 0 aromatic rings. The summed E-state index contributed by atoms with van der Waals surface area (Å²) >= 11 is 0. The molecular formula is C13H23NO6. The number of rotatable bonds is 9. The summed E-state index contributed by atoms with van der Waals surface area (Å²) in [5.41, 5.74) is -1.95. The lowest BCUT2D eigenvalue weighted by Crippen LogP contribution is -2.64. The van der Waals surface area contributed by atoms with Gasteiger partial charge in [-0.3, -0.25) is 4.79 Å². The monoisotopic (exact) mass is 289 g/mol. The maximum absolute atomic E-state index is 12.1. The van der Waals surface area contributed by atoms with Crippen LogP contribution in [-0.4, -0.2) is 49.8 Å². The maximum Gasteiger partial charge on any atom is 0.346 e. The third-order valence-corrected chi connectivity index (χ3v) is 2.30. The highest BCUT2D eigenvalue weighted by Crippen LogP contribution is 2.13. The molecule has 0 unspecified atom stereocenters. The van der Waals surface area contributed by atoms with Gasteiger partial charge in [-0.1, -0.05) is 6.92 Å². The molecule has 0 aliphatic heterocycles. The van der Waals surface area contributed by atoms with Crippen LogP contribution in [0.2, 0.25) is 0 Å². The summed E-state index contributed by atoms with van der Waals surface area (Å²) in [6.45, 7) is 6.48. The van der Waals surface area contributed by atoms with Crippen molar-refractivity contribution in [2.24, 2.45) is 0 Å². The molecule has 1 N–H and O–H groups in total. The fourth-order valence-electron chi connectivity index (χ4n) is 1.52. The number of hydrogen-bond acceptors (Lipinski definition) is 6. The number of carbonyl (C=O) groups is 3. The van der Waals surface area contributed by atoms with Crippen LogP contribution in [0.3, 0.4) is 0 Å². The van der Waals surface area contributed by atoms with Crippen molar-refractivity contribution in [2.75, 3.05) is 26.4 Å². The van der Waals surface area contributed by atoms with Crippen LogP contribution in [0.15, 0.2) is 0 Å². The third-order valence-electron chi connectivity index (χ3n) is 2.30. The van der Waals surface area contributed by atoms with E-state index in [0.717, 1.165) is 0 Å². The van der Waals surface area contributed by atoms with Gasteiger partial charge in [-0.15, -0.1) is 0 Å². The second-order valence-electron chi connectivity index (χ2n) is 4.08. The Kier molecular flexibility index (Phi) is 8.54. The van der Waals surface area contributed by atoms with E-state index in [1.165, 1.54) is 6.92 Å². The summed E-state index contributed by atoms with van der Waals surface area (Å²) in [6, 6.07) is 0. The molecule has 0 atom stereocenters. The zero-order chi connectivity index (χ0) is 15.6. The van der Waals surface area contributed by atoms with E-state index in [-0.39, 0.29) is 19.8 Å². The van der Waals surface area contributed by atoms with E-state index in [4.69, 9.17) is 14.2 Å². The number of nitrogens with one attached hydrogen (secondary N) is 1. The molecule has 20 heavy (non-hydrogen) atoms. The van der Waals surface area contributed by atoms with Crippen LogP contribution in [0.5, 0.6) is 0 Å². The average Bonchev–Trinajstić information content (AvgIpc) is 2.37. The highest BCUT2D eigenvalue weighted by atomic mass is 16.6. The summed E-state index contributed by atoms with van der Waals surface area (Å²) in [4.78, 5) is 35.5. The first kappa shape index (κ1) is 18.4. The smallest absolute Gasteiger partial charge is 0.346 e. The Morgan fingerprint density at radius 2 is 1.50 bits per heavy atom. The van der Waals surface area contributed by atoms with Crippen LogP contribution in [0.25, 0.3) is 0 Å². The van der Waals surface area contributed by atoms with Gasteiger partial charge in [0, 0.05) is 13.5 Å². The van der Waals surface area contributed by atoms with Crippen molar-refractivity contribution in [2.45, 2.75) is 39.7 Å². The number of carbonyl (C=O) groups excluding carboxylic acids is 3. The van der Waals surface area contributed by atoms with Gasteiger partial charge >= 0.3 is 11.9 Å². The van der Waals surface area contributed by atoms with Crippen molar-refractivity contribution in [3.8, 4) is 0 Å². The molecule has 0 fully saturated rings. The second-order valence-corrected chi connectivity index (χ2v) is 4.08. The topological polar surface area (TPSA) is 90.9 Å². The molecule has 0 aromatic heterocycles. The van der Waals surface area contributed by atoms with Crippen LogP contribution in [-0.2, 0) is 28.6 Å². The normalized spacial score (nSPS) is 10.8. The van der Waals surface area contributed by atoms with Gasteiger partial charge < -0.3 is 19.5 Å². The first-order valence-corrected chi connectivity index (χ1v) is 6.65. The molecule has 0 radical (unpaired) electrons. The highest BCUT2D eigenvalue weighted by Gasteiger charge is 2.50. The number of ether oxygens (including phenoxy) is 3. The molecule has 0 saturated heterocycles. The molecule has 0 aromatic carbocycles. The quantitative estimate of drug-likeness (QED) is 0.376. The Bertz CT molecular complexity index is 324. The molecule has 0 bridgehead atoms. The van der Waals surface area contributed by atoms with Gasteiger partial charge in [-0.2, -0.15) is 0 Å². The van der Waals surface area contributed by atoms with E-state index < -0.39 is 23.4 Å². The fraction of sp³-hybridized carbons (Fsp3) is 0.769. The maximum atomic E-state index is 12.1. The molecule has 0 spiro atoms. The molecular weight excluding hydrogens is 266 g/mol. The second kappa shape index (κ2) is 9.30.